The van der Waals surface area contributed by atoms with Crippen molar-refractivity contribution in [3.63, 3.8) is 0 Å². The Balaban J connectivity index is 1.82. The molecule has 152 valence electrons. The maximum atomic E-state index is 13.1. The molecule has 3 aromatic rings. The third kappa shape index (κ3) is 4.10. The number of hydrogen-bond donors (Lipinski definition) is 1. The molecule has 0 fully saturated rings. The number of anilines is 1. The van der Waals surface area contributed by atoms with Crippen molar-refractivity contribution in [1.82, 2.24) is 0 Å². The summed E-state index contributed by atoms with van der Waals surface area (Å²) in [4.78, 5) is 18.0. The summed E-state index contributed by atoms with van der Waals surface area (Å²) < 4.78 is 5.28. The Hall–Kier alpha value is -3.11. The van der Waals surface area contributed by atoms with Crippen molar-refractivity contribution in [2.45, 2.75) is 26.3 Å². The lowest BCUT2D eigenvalue weighted by Crippen LogP contribution is -2.28. The van der Waals surface area contributed by atoms with E-state index in [4.69, 9.17) is 21.3 Å². The zero-order valence-corrected chi connectivity index (χ0v) is 18.0. The van der Waals surface area contributed by atoms with E-state index in [1.54, 1.807) is 13.2 Å². The zero-order valence-electron chi connectivity index (χ0n) is 17.2. The molecule has 4 nitrogen and oxygen atoms in total. The van der Waals surface area contributed by atoms with Gasteiger partial charge in [0.15, 0.2) is 0 Å². The van der Waals surface area contributed by atoms with Gasteiger partial charge in [0.2, 0.25) is 5.91 Å². The molecule has 0 bridgehead atoms. The molecule has 1 aliphatic rings. The second-order valence-electron chi connectivity index (χ2n) is 7.54. The fourth-order valence-corrected chi connectivity index (χ4v) is 3.84. The van der Waals surface area contributed by atoms with E-state index in [0.717, 1.165) is 33.7 Å². The number of carbonyl (C=O) groups excluding carboxylic acids is 1. The smallest absolute Gasteiger partial charge is 0.249 e. The van der Waals surface area contributed by atoms with Crippen molar-refractivity contribution in [3.05, 3.63) is 93.5 Å². The van der Waals surface area contributed by atoms with Crippen LogP contribution in [0.1, 0.15) is 27.8 Å². The summed E-state index contributed by atoms with van der Waals surface area (Å²) >= 11 is 6.28. The summed E-state index contributed by atoms with van der Waals surface area (Å²) in [5, 5.41) is 3.63. The van der Waals surface area contributed by atoms with Gasteiger partial charge in [-0.25, -0.2) is 0 Å². The highest BCUT2D eigenvalue weighted by atomic mass is 35.5. The first kappa shape index (κ1) is 20.2. The predicted molar refractivity (Wildman–Crippen MR) is 122 cm³/mol. The van der Waals surface area contributed by atoms with Gasteiger partial charge < -0.3 is 10.1 Å². The van der Waals surface area contributed by atoms with Crippen molar-refractivity contribution in [2.75, 3.05) is 12.4 Å². The average molecular weight is 419 g/mol. The molecule has 1 unspecified atom stereocenters. The molecular weight excluding hydrogens is 396 g/mol. The largest absolute Gasteiger partial charge is 0.497 e. The van der Waals surface area contributed by atoms with Gasteiger partial charge in [0.25, 0.3) is 0 Å². The summed E-state index contributed by atoms with van der Waals surface area (Å²) in [6, 6.07) is 18.9. The lowest BCUT2D eigenvalue weighted by atomic mass is 9.98. The second kappa shape index (κ2) is 8.33. The fraction of sp³-hybridized carbons (Fsp3) is 0.200. The molecular formula is C25H23ClN2O2. The number of benzodiazepines with no additional fused rings is 1. The molecule has 0 aromatic heterocycles. The lowest BCUT2D eigenvalue weighted by molar-refractivity contribution is -0.117. The highest BCUT2D eigenvalue weighted by molar-refractivity contribution is 6.32. The number of nitrogens with one attached hydrogen (secondary N) is 1. The number of aryl methyl sites for hydroxylation is 2. The van der Waals surface area contributed by atoms with Crippen LogP contribution in [-0.4, -0.2) is 24.8 Å². The molecule has 4 rings (SSSR count). The molecule has 1 amide bonds. The Labute approximate surface area is 181 Å². The van der Waals surface area contributed by atoms with E-state index >= 15 is 0 Å². The molecule has 3 aromatic carbocycles. The molecule has 0 aliphatic carbocycles. The van der Waals surface area contributed by atoms with Gasteiger partial charge in [-0.2, -0.15) is 0 Å². The molecule has 1 aliphatic heterocycles. The number of aliphatic imine (C=N–C) groups is 1. The van der Waals surface area contributed by atoms with Crippen LogP contribution in [0.15, 0.2) is 65.7 Å². The molecule has 30 heavy (non-hydrogen) atoms. The molecule has 0 radical (unpaired) electrons. The van der Waals surface area contributed by atoms with Crippen molar-refractivity contribution >= 4 is 28.9 Å². The van der Waals surface area contributed by atoms with Crippen LogP contribution < -0.4 is 10.1 Å². The zero-order chi connectivity index (χ0) is 21.3. The van der Waals surface area contributed by atoms with E-state index in [0.29, 0.717) is 17.1 Å². The number of halogens is 1. The van der Waals surface area contributed by atoms with Crippen LogP contribution in [-0.2, 0) is 11.2 Å². The van der Waals surface area contributed by atoms with Crippen LogP contribution in [0.3, 0.4) is 0 Å². The van der Waals surface area contributed by atoms with E-state index in [-0.39, 0.29) is 5.91 Å². The molecule has 1 heterocycles. The minimum absolute atomic E-state index is 0.122. The van der Waals surface area contributed by atoms with Crippen LogP contribution in [0.2, 0.25) is 5.02 Å². The first-order valence-corrected chi connectivity index (χ1v) is 10.2. The average Bonchev–Trinajstić information content (AvgIpc) is 2.87. The summed E-state index contributed by atoms with van der Waals surface area (Å²) in [6.07, 6.45) is 0.528. The van der Waals surface area contributed by atoms with Gasteiger partial charge in [-0.3, -0.25) is 9.79 Å². The lowest BCUT2D eigenvalue weighted by Gasteiger charge is -2.14. The van der Waals surface area contributed by atoms with Gasteiger partial charge in [0.1, 0.15) is 11.8 Å². The van der Waals surface area contributed by atoms with E-state index in [1.807, 2.05) is 36.4 Å². The molecule has 0 spiro atoms. The highest BCUT2D eigenvalue weighted by Crippen LogP contribution is 2.29. The first-order valence-electron chi connectivity index (χ1n) is 9.84. The first-order chi connectivity index (χ1) is 14.4. The van der Waals surface area contributed by atoms with Crippen LogP contribution in [0, 0.1) is 13.8 Å². The summed E-state index contributed by atoms with van der Waals surface area (Å²) in [5.41, 5.74) is 6.60. The molecule has 1 atom stereocenters. The topological polar surface area (TPSA) is 50.7 Å². The Bertz CT molecular complexity index is 1140. The van der Waals surface area contributed by atoms with Gasteiger partial charge in [-0.05, 0) is 67.4 Å². The van der Waals surface area contributed by atoms with Gasteiger partial charge >= 0.3 is 0 Å². The van der Waals surface area contributed by atoms with E-state index < -0.39 is 6.04 Å². The number of rotatable bonds is 4. The number of nitrogens with zero attached hydrogens (tertiary/aromatic N) is 1. The molecule has 1 N–H and O–H groups in total. The standard InChI is InChI=1S/C25H23ClN2O2/c1-15-4-5-16(2)18(12-15)13-23-25(29)28-22-11-8-19(26)14-21(22)24(27-23)17-6-9-20(30-3)10-7-17/h4-12,14,23H,13H2,1-3H3,(H,28,29). The van der Waals surface area contributed by atoms with Gasteiger partial charge in [0.05, 0.1) is 18.5 Å². The fourth-order valence-electron chi connectivity index (χ4n) is 3.67. The monoisotopic (exact) mass is 418 g/mol. The summed E-state index contributed by atoms with van der Waals surface area (Å²) in [6.45, 7) is 4.12. The number of amides is 1. The van der Waals surface area contributed by atoms with Crippen molar-refractivity contribution in [1.29, 1.82) is 0 Å². The quantitative estimate of drug-likeness (QED) is 0.619. The van der Waals surface area contributed by atoms with Crippen LogP contribution >= 0.6 is 11.6 Å². The normalized spacial score (nSPS) is 15.7. The van der Waals surface area contributed by atoms with Crippen LogP contribution in [0.25, 0.3) is 0 Å². The van der Waals surface area contributed by atoms with E-state index in [9.17, 15) is 4.79 Å². The summed E-state index contributed by atoms with van der Waals surface area (Å²) in [7, 11) is 1.63. The number of carbonyl (C=O) groups is 1. The maximum absolute atomic E-state index is 13.1. The second-order valence-corrected chi connectivity index (χ2v) is 7.97. The predicted octanol–water partition coefficient (Wildman–Crippen LogP) is 5.37. The van der Waals surface area contributed by atoms with Gasteiger partial charge in [-0.15, -0.1) is 0 Å². The number of fused-ring (bicyclic) bond motifs is 1. The van der Waals surface area contributed by atoms with Crippen molar-refractivity contribution in [2.24, 2.45) is 4.99 Å². The van der Waals surface area contributed by atoms with E-state index in [2.05, 4.69) is 37.4 Å². The number of hydrogen-bond acceptors (Lipinski definition) is 3. The third-order valence-electron chi connectivity index (χ3n) is 5.36. The Kier molecular flexibility index (Phi) is 5.60. The number of ether oxygens (including phenoxy) is 1. The van der Waals surface area contributed by atoms with Crippen LogP contribution in [0.5, 0.6) is 5.75 Å². The molecule has 0 saturated carbocycles. The Morgan fingerprint density at radius 2 is 1.80 bits per heavy atom. The van der Waals surface area contributed by atoms with Crippen molar-refractivity contribution in [3.8, 4) is 5.75 Å². The third-order valence-corrected chi connectivity index (χ3v) is 5.60. The van der Waals surface area contributed by atoms with E-state index in [1.165, 1.54) is 5.56 Å². The number of benzene rings is 3. The van der Waals surface area contributed by atoms with Crippen molar-refractivity contribution < 1.29 is 9.53 Å². The molecule has 5 heteroatoms. The van der Waals surface area contributed by atoms with Gasteiger partial charge in [0, 0.05) is 22.6 Å². The Morgan fingerprint density at radius 3 is 2.53 bits per heavy atom. The minimum atomic E-state index is -0.547. The SMILES string of the molecule is COc1ccc(C2=NC(Cc3cc(C)ccc3C)C(=O)Nc3ccc(Cl)cc32)cc1. The highest BCUT2D eigenvalue weighted by Gasteiger charge is 2.26. The van der Waals surface area contributed by atoms with Gasteiger partial charge in [-0.1, -0.05) is 35.4 Å². The molecule has 0 saturated heterocycles. The summed E-state index contributed by atoms with van der Waals surface area (Å²) in [5.74, 6) is 0.642. The maximum Gasteiger partial charge on any atom is 0.249 e. The number of methoxy groups -OCH3 is 1. The Morgan fingerprint density at radius 1 is 1.03 bits per heavy atom. The minimum Gasteiger partial charge on any atom is -0.497 e. The van der Waals surface area contributed by atoms with Crippen LogP contribution in [0.4, 0.5) is 5.69 Å².